The average Bonchev–Trinajstić information content (AvgIpc) is 3.36. The minimum atomic E-state index is 0.151. The SMILES string of the molecule is CC(C)OCc1cnc2ccc(CNc3nc(-c4cnn(C)c4)cnc3N=N)cn12. The predicted molar refractivity (Wildman–Crippen MR) is 111 cm³/mol. The van der Waals surface area contributed by atoms with Gasteiger partial charge in [-0.05, 0) is 25.5 Å². The molecule has 4 aromatic heterocycles. The number of ether oxygens (including phenoxy) is 1. The molecule has 10 heteroatoms. The van der Waals surface area contributed by atoms with Gasteiger partial charge in [0.05, 0.1) is 42.7 Å². The van der Waals surface area contributed by atoms with Gasteiger partial charge in [0.25, 0.3) is 0 Å². The van der Waals surface area contributed by atoms with Gasteiger partial charge < -0.3 is 14.5 Å². The van der Waals surface area contributed by atoms with Crippen molar-refractivity contribution in [1.82, 2.24) is 29.1 Å². The maximum atomic E-state index is 7.38. The molecule has 0 aliphatic carbocycles. The number of pyridine rings is 1. The normalized spacial score (nSPS) is 11.3. The minimum Gasteiger partial charge on any atom is -0.373 e. The van der Waals surface area contributed by atoms with Crippen molar-refractivity contribution in [2.24, 2.45) is 12.2 Å². The molecule has 4 heterocycles. The van der Waals surface area contributed by atoms with Gasteiger partial charge in [0, 0.05) is 31.5 Å². The maximum Gasteiger partial charge on any atom is 0.216 e. The number of anilines is 1. The highest BCUT2D eigenvalue weighted by Crippen LogP contribution is 2.25. The number of imidazole rings is 1. The molecule has 0 atom stereocenters. The lowest BCUT2D eigenvalue weighted by Crippen LogP contribution is -2.06. The van der Waals surface area contributed by atoms with Crippen LogP contribution in [0.5, 0.6) is 0 Å². The van der Waals surface area contributed by atoms with Crippen LogP contribution in [-0.4, -0.2) is 35.2 Å². The van der Waals surface area contributed by atoms with Crippen molar-refractivity contribution >= 4 is 17.3 Å². The summed E-state index contributed by atoms with van der Waals surface area (Å²) in [4.78, 5) is 13.2. The first-order valence-corrected chi connectivity index (χ1v) is 9.57. The molecule has 0 radical (unpaired) electrons. The minimum absolute atomic E-state index is 0.151. The van der Waals surface area contributed by atoms with Gasteiger partial charge in [0.1, 0.15) is 5.65 Å². The fraction of sp³-hybridized carbons (Fsp3) is 0.300. The number of rotatable bonds is 8. The van der Waals surface area contributed by atoms with Crippen LogP contribution in [-0.2, 0) is 24.9 Å². The van der Waals surface area contributed by atoms with Crippen molar-refractivity contribution in [3.8, 4) is 11.3 Å². The highest BCUT2D eigenvalue weighted by Gasteiger charge is 2.11. The highest BCUT2D eigenvalue weighted by molar-refractivity contribution is 5.63. The van der Waals surface area contributed by atoms with Crippen LogP contribution in [0.2, 0.25) is 0 Å². The Kier molecular flexibility index (Phi) is 5.48. The number of fused-ring (bicyclic) bond motifs is 1. The van der Waals surface area contributed by atoms with E-state index in [2.05, 4.69) is 30.5 Å². The van der Waals surface area contributed by atoms with Crippen molar-refractivity contribution in [2.45, 2.75) is 33.1 Å². The summed E-state index contributed by atoms with van der Waals surface area (Å²) in [6.45, 7) is 5.00. The van der Waals surface area contributed by atoms with Gasteiger partial charge in [-0.25, -0.2) is 20.5 Å². The van der Waals surface area contributed by atoms with Crippen molar-refractivity contribution in [3.63, 3.8) is 0 Å². The Bertz CT molecular complexity index is 1180. The van der Waals surface area contributed by atoms with E-state index in [1.807, 2.05) is 56.0 Å². The van der Waals surface area contributed by atoms with E-state index in [-0.39, 0.29) is 11.9 Å². The lowest BCUT2D eigenvalue weighted by atomic mass is 10.2. The van der Waals surface area contributed by atoms with Crippen LogP contribution in [0.15, 0.2) is 48.2 Å². The van der Waals surface area contributed by atoms with E-state index in [4.69, 9.17) is 10.3 Å². The summed E-state index contributed by atoms with van der Waals surface area (Å²) in [6, 6.07) is 3.96. The van der Waals surface area contributed by atoms with Crippen LogP contribution in [0, 0.1) is 5.53 Å². The highest BCUT2D eigenvalue weighted by atomic mass is 16.5. The Labute approximate surface area is 173 Å². The lowest BCUT2D eigenvalue weighted by molar-refractivity contribution is 0.0632. The second kappa shape index (κ2) is 8.37. The van der Waals surface area contributed by atoms with Crippen molar-refractivity contribution in [2.75, 3.05) is 5.32 Å². The standard InChI is InChI=1S/C20H23N9O/c1-13(2)30-12-16-8-22-18-5-4-14(10-29(16)18)6-23-19-20(27-21)24-9-17(26-19)15-7-25-28(3)11-15/h4-5,7-11,13,21H,6,12H2,1-3H3,(H,23,26). The number of hydrogen-bond donors (Lipinski definition) is 2. The second-order valence-electron chi connectivity index (χ2n) is 7.17. The first-order valence-electron chi connectivity index (χ1n) is 9.57. The number of hydrogen-bond acceptors (Lipinski definition) is 8. The summed E-state index contributed by atoms with van der Waals surface area (Å²) in [5.74, 6) is 0.679. The summed E-state index contributed by atoms with van der Waals surface area (Å²) in [5, 5.41) is 10.9. The molecule has 0 saturated heterocycles. The zero-order valence-electron chi connectivity index (χ0n) is 17.1. The van der Waals surface area contributed by atoms with Crippen LogP contribution in [0.25, 0.3) is 16.9 Å². The van der Waals surface area contributed by atoms with E-state index < -0.39 is 0 Å². The van der Waals surface area contributed by atoms with Crippen molar-refractivity contribution in [1.29, 1.82) is 5.53 Å². The lowest BCUT2D eigenvalue weighted by Gasteiger charge is -2.10. The third-order valence-electron chi connectivity index (χ3n) is 4.53. The Morgan fingerprint density at radius 2 is 2.03 bits per heavy atom. The summed E-state index contributed by atoms with van der Waals surface area (Å²) in [6.07, 6.45) is 9.17. The van der Waals surface area contributed by atoms with Crippen LogP contribution in [0.3, 0.4) is 0 Å². The molecule has 154 valence electrons. The van der Waals surface area contributed by atoms with E-state index >= 15 is 0 Å². The van der Waals surface area contributed by atoms with E-state index in [0.717, 1.165) is 22.5 Å². The molecule has 0 aliphatic heterocycles. The number of aryl methyl sites for hydroxylation is 1. The largest absolute Gasteiger partial charge is 0.373 e. The third-order valence-corrected chi connectivity index (χ3v) is 4.53. The van der Waals surface area contributed by atoms with Gasteiger partial charge in [-0.3, -0.25) is 4.68 Å². The van der Waals surface area contributed by atoms with Crippen LogP contribution < -0.4 is 5.32 Å². The monoisotopic (exact) mass is 405 g/mol. The van der Waals surface area contributed by atoms with Crippen LogP contribution >= 0.6 is 0 Å². The third kappa shape index (κ3) is 4.18. The Balaban J connectivity index is 1.55. The Morgan fingerprint density at radius 3 is 2.77 bits per heavy atom. The molecule has 0 bridgehead atoms. The zero-order valence-corrected chi connectivity index (χ0v) is 17.1. The Hall–Kier alpha value is -3.66. The molecule has 0 fully saturated rings. The van der Waals surface area contributed by atoms with Crippen LogP contribution in [0.1, 0.15) is 25.1 Å². The Morgan fingerprint density at radius 1 is 1.17 bits per heavy atom. The molecule has 10 nitrogen and oxygen atoms in total. The van der Waals surface area contributed by atoms with E-state index in [1.54, 1.807) is 17.1 Å². The van der Waals surface area contributed by atoms with Crippen molar-refractivity contribution < 1.29 is 4.74 Å². The molecule has 30 heavy (non-hydrogen) atoms. The molecule has 0 aromatic carbocycles. The van der Waals surface area contributed by atoms with Gasteiger partial charge in [0.15, 0.2) is 5.82 Å². The van der Waals surface area contributed by atoms with Crippen molar-refractivity contribution in [3.05, 3.63) is 54.4 Å². The van der Waals surface area contributed by atoms with Crippen LogP contribution in [0.4, 0.5) is 11.6 Å². The van der Waals surface area contributed by atoms with E-state index in [1.165, 1.54) is 0 Å². The molecule has 0 spiro atoms. The first-order chi connectivity index (χ1) is 14.5. The smallest absolute Gasteiger partial charge is 0.216 e. The quantitative estimate of drug-likeness (QED) is 0.431. The number of nitrogens with zero attached hydrogens (tertiary/aromatic N) is 7. The summed E-state index contributed by atoms with van der Waals surface area (Å²) < 4.78 is 9.44. The summed E-state index contributed by atoms with van der Waals surface area (Å²) in [7, 11) is 1.84. The number of nitrogens with one attached hydrogen (secondary N) is 2. The number of aromatic nitrogens is 6. The molecule has 4 rings (SSSR count). The summed E-state index contributed by atoms with van der Waals surface area (Å²) in [5.41, 5.74) is 11.8. The average molecular weight is 405 g/mol. The molecule has 2 N–H and O–H groups in total. The molecule has 0 aliphatic rings. The summed E-state index contributed by atoms with van der Waals surface area (Å²) >= 11 is 0. The van der Waals surface area contributed by atoms with Gasteiger partial charge in [-0.1, -0.05) is 6.07 Å². The van der Waals surface area contributed by atoms with Gasteiger partial charge in [-0.15, -0.1) is 5.11 Å². The zero-order chi connectivity index (χ0) is 21.1. The fourth-order valence-electron chi connectivity index (χ4n) is 3.00. The van der Waals surface area contributed by atoms with Gasteiger partial charge in [-0.2, -0.15) is 5.10 Å². The second-order valence-corrected chi connectivity index (χ2v) is 7.17. The van der Waals surface area contributed by atoms with E-state index in [9.17, 15) is 0 Å². The molecular weight excluding hydrogens is 382 g/mol. The molecule has 0 amide bonds. The molecule has 4 aromatic rings. The van der Waals surface area contributed by atoms with E-state index in [0.29, 0.717) is 24.7 Å². The van der Waals surface area contributed by atoms with Gasteiger partial charge in [0.2, 0.25) is 5.82 Å². The fourth-order valence-corrected chi connectivity index (χ4v) is 3.00. The molecular formula is C20H23N9O. The topological polar surface area (TPSA) is 118 Å². The molecule has 0 unspecified atom stereocenters. The van der Waals surface area contributed by atoms with Gasteiger partial charge >= 0.3 is 0 Å². The maximum absolute atomic E-state index is 7.38. The predicted octanol–water partition coefficient (Wildman–Crippen LogP) is 3.72. The first kappa shape index (κ1) is 19.6. The molecule has 0 saturated carbocycles.